The van der Waals surface area contributed by atoms with Gasteiger partial charge in [0.1, 0.15) is 6.04 Å². The van der Waals surface area contributed by atoms with Crippen LogP contribution < -0.4 is 0 Å². The predicted molar refractivity (Wildman–Crippen MR) is 80.5 cm³/mol. The highest BCUT2D eigenvalue weighted by atomic mass is 16.5. The molecule has 0 amide bonds. The summed E-state index contributed by atoms with van der Waals surface area (Å²) in [5.74, 6) is -0.846. The van der Waals surface area contributed by atoms with Crippen molar-refractivity contribution in [2.45, 2.75) is 12.6 Å². The Balaban J connectivity index is 1.76. The summed E-state index contributed by atoms with van der Waals surface area (Å²) in [6.07, 6.45) is 3.47. The summed E-state index contributed by atoms with van der Waals surface area (Å²) in [5.41, 5.74) is 1.85. The van der Waals surface area contributed by atoms with Gasteiger partial charge in [-0.2, -0.15) is 5.10 Å². The number of aromatic nitrogens is 2. The van der Waals surface area contributed by atoms with Crippen LogP contribution in [0.2, 0.25) is 0 Å². The molecule has 1 aliphatic heterocycles. The number of nitrogens with zero attached hydrogens (tertiary/aromatic N) is 3. The van der Waals surface area contributed by atoms with Gasteiger partial charge in [0.25, 0.3) is 0 Å². The van der Waals surface area contributed by atoms with E-state index in [4.69, 9.17) is 4.74 Å². The fourth-order valence-corrected chi connectivity index (χ4v) is 2.72. The molecule has 1 aromatic carbocycles. The number of hydrogen-bond donors (Lipinski definition) is 1. The molecule has 1 aromatic heterocycles. The van der Waals surface area contributed by atoms with E-state index in [1.165, 1.54) is 0 Å². The van der Waals surface area contributed by atoms with E-state index in [0.29, 0.717) is 38.4 Å². The summed E-state index contributed by atoms with van der Waals surface area (Å²) >= 11 is 0. The molecule has 6 nitrogen and oxygen atoms in total. The summed E-state index contributed by atoms with van der Waals surface area (Å²) in [4.78, 5) is 13.6. The van der Waals surface area contributed by atoms with Gasteiger partial charge in [0, 0.05) is 24.8 Å². The van der Waals surface area contributed by atoms with Crippen LogP contribution in [0.1, 0.15) is 17.2 Å². The molecule has 116 valence electrons. The van der Waals surface area contributed by atoms with E-state index in [9.17, 15) is 9.90 Å². The lowest BCUT2D eigenvalue weighted by atomic mass is 10.1. The molecule has 2 aromatic rings. The number of hydrogen-bond acceptors (Lipinski definition) is 4. The molecule has 1 aliphatic rings. The van der Waals surface area contributed by atoms with Crippen LogP contribution >= 0.6 is 0 Å². The topological polar surface area (TPSA) is 67.6 Å². The van der Waals surface area contributed by atoms with Crippen LogP contribution in [0.5, 0.6) is 0 Å². The number of rotatable bonds is 5. The summed E-state index contributed by atoms with van der Waals surface area (Å²) in [6, 6.07) is 9.32. The van der Waals surface area contributed by atoms with Crippen molar-refractivity contribution in [2.75, 3.05) is 26.3 Å². The van der Waals surface area contributed by atoms with Crippen LogP contribution in [0.3, 0.4) is 0 Å². The van der Waals surface area contributed by atoms with Crippen molar-refractivity contribution < 1.29 is 14.6 Å². The van der Waals surface area contributed by atoms with Gasteiger partial charge in [-0.25, -0.2) is 0 Å². The first-order chi connectivity index (χ1) is 10.7. The zero-order valence-electron chi connectivity index (χ0n) is 12.3. The molecule has 22 heavy (non-hydrogen) atoms. The average molecular weight is 301 g/mol. The highest BCUT2D eigenvalue weighted by Crippen LogP contribution is 2.22. The molecular weight excluding hydrogens is 282 g/mol. The predicted octanol–water partition coefficient (Wildman–Crippen LogP) is 1.39. The largest absolute Gasteiger partial charge is 0.480 e. The Kier molecular flexibility index (Phi) is 4.50. The Morgan fingerprint density at radius 1 is 1.27 bits per heavy atom. The van der Waals surface area contributed by atoms with Gasteiger partial charge in [-0.1, -0.05) is 30.3 Å². The monoisotopic (exact) mass is 301 g/mol. The van der Waals surface area contributed by atoms with Crippen LogP contribution in [0.4, 0.5) is 0 Å². The van der Waals surface area contributed by atoms with E-state index in [0.717, 1.165) is 5.56 Å². The Morgan fingerprint density at radius 3 is 2.68 bits per heavy atom. The van der Waals surface area contributed by atoms with E-state index < -0.39 is 12.0 Å². The van der Waals surface area contributed by atoms with Gasteiger partial charge < -0.3 is 9.84 Å². The van der Waals surface area contributed by atoms with E-state index in [2.05, 4.69) is 5.10 Å². The fourth-order valence-electron chi connectivity index (χ4n) is 2.72. The minimum Gasteiger partial charge on any atom is -0.480 e. The first-order valence-electron chi connectivity index (χ1n) is 7.35. The Morgan fingerprint density at radius 2 is 2.00 bits per heavy atom. The number of carbonyl (C=O) groups is 1. The smallest absolute Gasteiger partial charge is 0.325 e. The molecule has 1 saturated heterocycles. The van der Waals surface area contributed by atoms with Crippen LogP contribution in [0.25, 0.3) is 0 Å². The highest BCUT2D eigenvalue weighted by Gasteiger charge is 2.29. The maximum absolute atomic E-state index is 11.6. The molecule has 1 atom stereocenters. The summed E-state index contributed by atoms with van der Waals surface area (Å²) in [5, 5.41) is 13.9. The minimum absolute atomic E-state index is 0.571. The second kappa shape index (κ2) is 6.72. The third kappa shape index (κ3) is 3.35. The number of ether oxygens (including phenoxy) is 1. The minimum atomic E-state index is -0.846. The van der Waals surface area contributed by atoms with Crippen molar-refractivity contribution >= 4 is 5.97 Å². The molecule has 1 N–H and O–H groups in total. The zero-order valence-corrected chi connectivity index (χ0v) is 12.3. The number of benzene rings is 1. The molecule has 0 bridgehead atoms. The van der Waals surface area contributed by atoms with Gasteiger partial charge in [-0.15, -0.1) is 0 Å². The number of morpholine rings is 1. The lowest BCUT2D eigenvalue weighted by molar-refractivity contribution is -0.145. The highest BCUT2D eigenvalue weighted by molar-refractivity contribution is 5.75. The normalized spacial score (nSPS) is 17.3. The van der Waals surface area contributed by atoms with Crippen molar-refractivity contribution in [1.82, 2.24) is 14.7 Å². The molecule has 2 heterocycles. The zero-order chi connectivity index (χ0) is 15.4. The standard InChI is InChI=1S/C16H19N3O3/c20-16(21)15(18-6-8-22-9-7-18)14-10-17-19(12-14)11-13-4-2-1-3-5-13/h1-5,10,12,15H,6-9,11H2,(H,20,21). The fraction of sp³-hybridized carbons (Fsp3) is 0.375. The SMILES string of the molecule is O=C(O)C(c1cnn(Cc2ccccc2)c1)N1CCOCC1. The number of carboxylic acids is 1. The third-order valence-corrected chi connectivity index (χ3v) is 3.80. The molecule has 6 heteroatoms. The molecule has 0 saturated carbocycles. The van der Waals surface area contributed by atoms with Crippen LogP contribution in [0, 0.1) is 0 Å². The Bertz CT molecular complexity index is 621. The summed E-state index contributed by atoms with van der Waals surface area (Å²) in [7, 11) is 0. The molecular formula is C16H19N3O3. The molecule has 0 radical (unpaired) electrons. The average Bonchev–Trinajstić information content (AvgIpc) is 2.97. The number of aliphatic carboxylic acids is 1. The third-order valence-electron chi connectivity index (χ3n) is 3.80. The Labute approximate surface area is 128 Å². The van der Waals surface area contributed by atoms with Crippen LogP contribution in [-0.4, -0.2) is 52.1 Å². The molecule has 0 spiro atoms. The lowest BCUT2D eigenvalue weighted by Gasteiger charge is -2.31. The van der Waals surface area contributed by atoms with Gasteiger partial charge in [0.05, 0.1) is 26.0 Å². The maximum atomic E-state index is 11.6. The van der Waals surface area contributed by atoms with E-state index in [1.807, 2.05) is 41.4 Å². The molecule has 1 unspecified atom stereocenters. The maximum Gasteiger partial charge on any atom is 0.325 e. The van der Waals surface area contributed by atoms with Crippen molar-refractivity contribution in [3.05, 3.63) is 53.9 Å². The lowest BCUT2D eigenvalue weighted by Crippen LogP contribution is -2.42. The second-order valence-electron chi connectivity index (χ2n) is 5.35. The van der Waals surface area contributed by atoms with Gasteiger partial charge in [0.15, 0.2) is 0 Å². The van der Waals surface area contributed by atoms with Gasteiger partial charge >= 0.3 is 5.97 Å². The van der Waals surface area contributed by atoms with Gasteiger partial charge in [-0.05, 0) is 5.56 Å². The second-order valence-corrected chi connectivity index (χ2v) is 5.35. The molecule has 1 fully saturated rings. The molecule has 0 aliphatic carbocycles. The van der Waals surface area contributed by atoms with Crippen molar-refractivity contribution in [1.29, 1.82) is 0 Å². The summed E-state index contributed by atoms with van der Waals surface area (Å²) < 4.78 is 7.07. The first-order valence-corrected chi connectivity index (χ1v) is 7.35. The quantitative estimate of drug-likeness (QED) is 0.904. The van der Waals surface area contributed by atoms with Gasteiger partial charge in [0.2, 0.25) is 0 Å². The van der Waals surface area contributed by atoms with Crippen LogP contribution in [-0.2, 0) is 16.1 Å². The van der Waals surface area contributed by atoms with Crippen LogP contribution in [0.15, 0.2) is 42.7 Å². The van der Waals surface area contributed by atoms with Crippen molar-refractivity contribution in [3.63, 3.8) is 0 Å². The summed E-state index contributed by atoms with van der Waals surface area (Å²) in [6.45, 7) is 3.03. The molecule has 3 rings (SSSR count). The Hall–Kier alpha value is -2.18. The van der Waals surface area contributed by atoms with Crippen molar-refractivity contribution in [3.8, 4) is 0 Å². The van der Waals surface area contributed by atoms with Gasteiger partial charge in [-0.3, -0.25) is 14.4 Å². The first kappa shape index (κ1) is 14.7. The van der Waals surface area contributed by atoms with E-state index >= 15 is 0 Å². The van der Waals surface area contributed by atoms with Crippen molar-refractivity contribution in [2.24, 2.45) is 0 Å². The van der Waals surface area contributed by atoms with E-state index in [1.54, 1.807) is 10.9 Å². The van der Waals surface area contributed by atoms with E-state index in [-0.39, 0.29) is 0 Å². The number of carboxylic acid groups (broad SMARTS) is 1.